The summed E-state index contributed by atoms with van der Waals surface area (Å²) in [5.74, 6) is -0.613. The summed E-state index contributed by atoms with van der Waals surface area (Å²) in [4.78, 5) is 35.5. The molecule has 0 radical (unpaired) electrons. The smallest absolute Gasteiger partial charge is 0.362 e. The first-order valence-electron chi connectivity index (χ1n) is 3.90. The SMILES string of the molecule is O=COC(=O)ONC(=O)c1ccccc1. The Morgan fingerprint density at radius 2 is 1.87 bits per heavy atom. The Kier molecular flexibility index (Phi) is 3.84. The molecule has 1 amide bonds. The Hall–Kier alpha value is -2.37. The normalized spacial score (nSPS) is 8.80. The van der Waals surface area contributed by atoms with Crippen LogP contribution in [0.4, 0.5) is 4.79 Å². The number of carbonyl (C=O) groups is 3. The second-order valence-corrected chi connectivity index (χ2v) is 2.36. The molecule has 1 aromatic carbocycles. The average molecular weight is 209 g/mol. The van der Waals surface area contributed by atoms with Gasteiger partial charge in [0.25, 0.3) is 5.91 Å². The van der Waals surface area contributed by atoms with Crippen LogP contribution >= 0.6 is 0 Å². The van der Waals surface area contributed by atoms with E-state index >= 15 is 0 Å². The van der Waals surface area contributed by atoms with Crippen LogP contribution in [0.1, 0.15) is 10.4 Å². The maximum Gasteiger partial charge on any atom is 0.541 e. The quantitative estimate of drug-likeness (QED) is 0.334. The number of ether oxygens (including phenoxy) is 1. The highest BCUT2D eigenvalue weighted by Gasteiger charge is 2.08. The van der Waals surface area contributed by atoms with E-state index in [1.165, 1.54) is 12.1 Å². The summed E-state index contributed by atoms with van der Waals surface area (Å²) in [6, 6.07) is 8.10. The van der Waals surface area contributed by atoms with Crippen molar-refractivity contribution in [2.24, 2.45) is 0 Å². The molecule has 0 aliphatic carbocycles. The third-order valence-corrected chi connectivity index (χ3v) is 1.41. The number of rotatable bonds is 2. The van der Waals surface area contributed by atoms with Gasteiger partial charge in [0, 0.05) is 5.56 Å². The molecule has 0 atom stereocenters. The van der Waals surface area contributed by atoms with Crippen molar-refractivity contribution >= 4 is 18.5 Å². The van der Waals surface area contributed by atoms with Crippen molar-refractivity contribution in [3.8, 4) is 0 Å². The molecule has 0 heterocycles. The highest BCUT2D eigenvalue weighted by atomic mass is 16.8. The van der Waals surface area contributed by atoms with Gasteiger partial charge in [0.15, 0.2) is 0 Å². The van der Waals surface area contributed by atoms with Gasteiger partial charge in [0.1, 0.15) is 0 Å². The van der Waals surface area contributed by atoms with Crippen LogP contribution in [0.15, 0.2) is 30.3 Å². The molecule has 78 valence electrons. The molecule has 15 heavy (non-hydrogen) atoms. The molecule has 0 aliphatic heterocycles. The van der Waals surface area contributed by atoms with E-state index in [1.807, 2.05) is 5.48 Å². The molecule has 1 rings (SSSR count). The first-order chi connectivity index (χ1) is 7.24. The largest absolute Gasteiger partial charge is 0.541 e. The first kappa shape index (κ1) is 10.7. The summed E-state index contributed by atoms with van der Waals surface area (Å²) in [7, 11) is 0. The molecular weight excluding hydrogens is 202 g/mol. The fraction of sp³-hybridized carbons (Fsp3) is 0. The summed E-state index contributed by atoms with van der Waals surface area (Å²) in [5.41, 5.74) is 2.13. The third-order valence-electron chi connectivity index (χ3n) is 1.41. The maximum atomic E-state index is 11.2. The molecule has 0 aliphatic rings. The standard InChI is InChI=1S/C9H7NO5/c11-6-14-9(13)15-10-8(12)7-4-2-1-3-5-7/h1-6H,(H,10,12). The van der Waals surface area contributed by atoms with Gasteiger partial charge in [-0.15, -0.1) is 0 Å². The van der Waals surface area contributed by atoms with Crippen LogP contribution in [0, 0.1) is 0 Å². The van der Waals surface area contributed by atoms with Gasteiger partial charge in [-0.3, -0.25) is 9.59 Å². The molecule has 0 fully saturated rings. The summed E-state index contributed by atoms with van der Waals surface area (Å²) in [5, 5.41) is 0. The van der Waals surface area contributed by atoms with Gasteiger partial charge in [0.05, 0.1) is 0 Å². The van der Waals surface area contributed by atoms with Crippen molar-refractivity contribution in [1.29, 1.82) is 0 Å². The van der Waals surface area contributed by atoms with Crippen LogP contribution in [0.3, 0.4) is 0 Å². The van der Waals surface area contributed by atoms with Gasteiger partial charge in [-0.25, -0.2) is 4.79 Å². The van der Waals surface area contributed by atoms with Gasteiger partial charge in [-0.1, -0.05) is 18.2 Å². The lowest BCUT2D eigenvalue weighted by Gasteiger charge is -2.02. The highest BCUT2D eigenvalue weighted by molar-refractivity contribution is 5.93. The average Bonchev–Trinajstić information content (AvgIpc) is 2.27. The van der Waals surface area contributed by atoms with E-state index in [-0.39, 0.29) is 6.47 Å². The lowest BCUT2D eigenvalue weighted by Crippen LogP contribution is -2.27. The Bertz CT molecular complexity index is 362. The van der Waals surface area contributed by atoms with Crippen LogP contribution < -0.4 is 5.48 Å². The molecule has 6 nitrogen and oxygen atoms in total. The lowest BCUT2D eigenvalue weighted by molar-refractivity contribution is -0.126. The van der Waals surface area contributed by atoms with Crippen LogP contribution in [0.5, 0.6) is 0 Å². The maximum absolute atomic E-state index is 11.2. The number of hydroxylamine groups is 1. The Balaban J connectivity index is 2.44. The number of carbonyl (C=O) groups excluding carboxylic acids is 3. The monoisotopic (exact) mass is 209 g/mol. The molecule has 0 saturated carbocycles. The molecule has 0 aromatic heterocycles. The molecule has 0 unspecified atom stereocenters. The van der Waals surface area contributed by atoms with Crippen molar-refractivity contribution in [2.75, 3.05) is 0 Å². The van der Waals surface area contributed by atoms with Crippen LogP contribution in [-0.2, 0) is 14.4 Å². The second kappa shape index (κ2) is 5.38. The lowest BCUT2D eigenvalue weighted by atomic mass is 10.2. The van der Waals surface area contributed by atoms with Crippen molar-refractivity contribution in [3.05, 3.63) is 35.9 Å². The molecule has 0 spiro atoms. The zero-order valence-electron chi connectivity index (χ0n) is 7.51. The minimum atomic E-state index is -1.30. The minimum absolute atomic E-state index is 0.100. The van der Waals surface area contributed by atoms with Crippen molar-refractivity contribution < 1.29 is 24.0 Å². The minimum Gasteiger partial charge on any atom is -0.362 e. The van der Waals surface area contributed by atoms with E-state index in [2.05, 4.69) is 9.57 Å². The highest BCUT2D eigenvalue weighted by Crippen LogP contribution is 1.97. The fourth-order valence-electron chi connectivity index (χ4n) is 0.800. The molecule has 6 heteroatoms. The Labute approximate surface area is 84.7 Å². The summed E-state index contributed by atoms with van der Waals surface area (Å²) < 4.78 is 3.77. The number of hydrogen-bond acceptors (Lipinski definition) is 5. The van der Waals surface area contributed by atoms with Crippen LogP contribution in [-0.4, -0.2) is 18.5 Å². The molecular formula is C9H7NO5. The first-order valence-corrected chi connectivity index (χ1v) is 3.90. The number of amides is 1. The fourth-order valence-corrected chi connectivity index (χ4v) is 0.800. The van der Waals surface area contributed by atoms with E-state index in [0.717, 1.165) is 0 Å². The van der Waals surface area contributed by atoms with Gasteiger partial charge < -0.3 is 9.57 Å². The zero-order chi connectivity index (χ0) is 11.1. The van der Waals surface area contributed by atoms with Gasteiger partial charge in [-0.2, -0.15) is 5.48 Å². The molecule has 0 bridgehead atoms. The van der Waals surface area contributed by atoms with E-state index in [1.54, 1.807) is 18.2 Å². The van der Waals surface area contributed by atoms with E-state index < -0.39 is 12.1 Å². The van der Waals surface area contributed by atoms with E-state index in [9.17, 15) is 14.4 Å². The van der Waals surface area contributed by atoms with E-state index in [4.69, 9.17) is 0 Å². The molecule has 1 aromatic rings. The topological polar surface area (TPSA) is 81.7 Å². The third kappa shape index (κ3) is 3.47. The molecule has 0 saturated heterocycles. The molecule has 1 N–H and O–H groups in total. The van der Waals surface area contributed by atoms with Gasteiger partial charge >= 0.3 is 12.6 Å². The van der Waals surface area contributed by atoms with Crippen molar-refractivity contribution in [3.63, 3.8) is 0 Å². The van der Waals surface area contributed by atoms with Crippen molar-refractivity contribution in [2.45, 2.75) is 0 Å². The predicted octanol–water partition coefficient (Wildman–Crippen LogP) is 0.641. The number of hydrogen-bond donors (Lipinski definition) is 1. The Morgan fingerprint density at radius 3 is 2.47 bits per heavy atom. The van der Waals surface area contributed by atoms with Gasteiger partial charge in [-0.05, 0) is 12.1 Å². The van der Waals surface area contributed by atoms with Crippen LogP contribution in [0.25, 0.3) is 0 Å². The van der Waals surface area contributed by atoms with E-state index in [0.29, 0.717) is 5.56 Å². The van der Waals surface area contributed by atoms with Crippen molar-refractivity contribution in [1.82, 2.24) is 5.48 Å². The Morgan fingerprint density at radius 1 is 1.20 bits per heavy atom. The summed E-state index contributed by atoms with van der Waals surface area (Å²) in [6.07, 6.45) is -1.30. The zero-order valence-corrected chi connectivity index (χ0v) is 7.51. The second-order valence-electron chi connectivity index (χ2n) is 2.36. The number of nitrogens with one attached hydrogen (secondary N) is 1. The van der Waals surface area contributed by atoms with Gasteiger partial charge in [0.2, 0.25) is 0 Å². The van der Waals surface area contributed by atoms with Crippen LogP contribution in [0.2, 0.25) is 0 Å². The summed E-state index contributed by atoms with van der Waals surface area (Å²) in [6.45, 7) is -0.100. The number of benzene rings is 1. The predicted molar refractivity (Wildman–Crippen MR) is 47.5 cm³/mol. The summed E-state index contributed by atoms with van der Waals surface area (Å²) >= 11 is 0.